The van der Waals surface area contributed by atoms with Gasteiger partial charge < -0.3 is 9.80 Å². The van der Waals surface area contributed by atoms with E-state index in [0.717, 1.165) is 0 Å². The average molecular weight is 210 g/mol. The van der Waals surface area contributed by atoms with E-state index in [1.54, 1.807) is 28.2 Å². The third kappa shape index (κ3) is 2.15. The number of carbonyl (C=O) groups excluding carboxylic acids is 2. The Hall–Kier alpha value is -1.85. The molecule has 0 fully saturated rings. The molecule has 0 saturated heterocycles. The summed E-state index contributed by atoms with van der Waals surface area (Å²) in [6.07, 6.45) is 2.90. The molecule has 15 heavy (non-hydrogen) atoms. The summed E-state index contributed by atoms with van der Waals surface area (Å²) < 4.78 is 1.22. The van der Waals surface area contributed by atoms with Crippen LogP contribution in [0.1, 0.15) is 10.6 Å². The predicted molar refractivity (Wildman–Crippen MR) is 54.7 cm³/mol. The zero-order valence-electron chi connectivity index (χ0n) is 9.26. The maximum atomic E-state index is 11.6. The Morgan fingerprint density at radius 3 is 2.27 bits per heavy atom. The van der Waals surface area contributed by atoms with Gasteiger partial charge in [0.05, 0.1) is 0 Å². The SMILES string of the molecule is CN(C)C(=O)c1nccn1C(=O)N(C)C. The van der Waals surface area contributed by atoms with E-state index in [-0.39, 0.29) is 17.8 Å². The molecule has 0 saturated carbocycles. The smallest absolute Gasteiger partial charge is 0.329 e. The first-order chi connectivity index (χ1) is 6.95. The van der Waals surface area contributed by atoms with Gasteiger partial charge in [0.2, 0.25) is 5.82 Å². The van der Waals surface area contributed by atoms with Crippen molar-refractivity contribution in [1.82, 2.24) is 19.4 Å². The second kappa shape index (κ2) is 4.12. The van der Waals surface area contributed by atoms with Gasteiger partial charge in [-0.3, -0.25) is 4.79 Å². The molecule has 6 nitrogen and oxygen atoms in total. The van der Waals surface area contributed by atoms with Gasteiger partial charge in [-0.15, -0.1) is 0 Å². The fourth-order valence-corrected chi connectivity index (χ4v) is 1.03. The molecule has 1 rings (SSSR count). The van der Waals surface area contributed by atoms with Crippen LogP contribution in [-0.2, 0) is 0 Å². The van der Waals surface area contributed by atoms with Gasteiger partial charge in [0, 0.05) is 40.6 Å². The Balaban J connectivity index is 3.07. The lowest BCUT2D eigenvalue weighted by molar-refractivity contribution is 0.0811. The highest BCUT2D eigenvalue weighted by molar-refractivity contribution is 5.94. The molecule has 1 aromatic rings. The molecule has 0 N–H and O–H groups in total. The molecule has 0 spiro atoms. The minimum Gasteiger partial charge on any atom is -0.342 e. The molecular weight excluding hydrogens is 196 g/mol. The minimum atomic E-state index is -0.296. The second-order valence-electron chi connectivity index (χ2n) is 3.50. The Morgan fingerprint density at radius 2 is 1.80 bits per heavy atom. The fraction of sp³-hybridized carbons (Fsp3) is 0.444. The van der Waals surface area contributed by atoms with Crippen LogP contribution in [0.3, 0.4) is 0 Å². The van der Waals surface area contributed by atoms with Crippen molar-refractivity contribution in [3.8, 4) is 0 Å². The Morgan fingerprint density at radius 1 is 1.20 bits per heavy atom. The molecule has 0 unspecified atom stereocenters. The van der Waals surface area contributed by atoms with Gasteiger partial charge in [0.1, 0.15) is 0 Å². The van der Waals surface area contributed by atoms with Crippen LogP contribution < -0.4 is 0 Å². The predicted octanol–water partition coefficient (Wildman–Crippen LogP) is 0.115. The Bertz CT molecular complexity index is 347. The highest BCUT2D eigenvalue weighted by Gasteiger charge is 2.19. The van der Waals surface area contributed by atoms with Crippen molar-refractivity contribution < 1.29 is 9.59 Å². The molecule has 1 heterocycles. The lowest BCUT2D eigenvalue weighted by Gasteiger charge is -2.14. The van der Waals surface area contributed by atoms with E-state index in [4.69, 9.17) is 0 Å². The molecule has 6 heteroatoms. The number of hydrogen-bond donors (Lipinski definition) is 0. The van der Waals surface area contributed by atoms with Crippen LogP contribution in [0.25, 0.3) is 0 Å². The highest BCUT2D eigenvalue weighted by Crippen LogP contribution is 2.02. The van der Waals surface area contributed by atoms with Crippen molar-refractivity contribution in [1.29, 1.82) is 0 Å². The molecule has 0 aliphatic heterocycles. The van der Waals surface area contributed by atoms with Gasteiger partial charge in [-0.25, -0.2) is 14.3 Å². The Kier molecular flexibility index (Phi) is 3.08. The molecule has 0 atom stereocenters. The van der Waals surface area contributed by atoms with Crippen LogP contribution in [0.15, 0.2) is 12.4 Å². The lowest BCUT2D eigenvalue weighted by atomic mass is 10.5. The third-order valence-electron chi connectivity index (χ3n) is 1.83. The van der Waals surface area contributed by atoms with Crippen LogP contribution in [-0.4, -0.2) is 59.5 Å². The van der Waals surface area contributed by atoms with Crippen LogP contribution in [0, 0.1) is 0 Å². The standard InChI is InChI=1S/C9H14N4O2/c1-11(2)8(14)7-10-5-6-13(7)9(15)12(3)4/h5-6H,1-4H3. The minimum absolute atomic E-state index is 0.124. The van der Waals surface area contributed by atoms with Crippen LogP contribution >= 0.6 is 0 Å². The van der Waals surface area contributed by atoms with Crippen molar-refractivity contribution in [3.05, 3.63) is 18.2 Å². The topological polar surface area (TPSA) is 58.4 Å². The average Bonchev–Trinajstić information content (AvgIpc) is 2.63. The molecule has 0 aromatic carbocycles. The van der Waals surface area contributed by atoms with Crippen LogP contribution in [0.2, 0.25) is 0 Å². The van der Waals surface area contributed by atoms with Crippen LogP contribution in [0.5, 0.6) is 0 Å². The zero-order chi connectivity index (χ0) is 11.6. The maximum absolute atomic E-state index is 11.6. The molecule has 1 aromatic heterocycles. The summed E-state index contributed by atoms with van der Waals surface area (Å²) in [5.74, 6) is -0.172. The van der Waals surface area contributed by atoms with Crippen molar-refractivity contribution in [3.63, 3.8) is 0 Å². The van der Waals surface area contributed by atoms with E-state index in [9.17, 15) is 9.59 Å². The van der Waals surface area contributed by atoms with Crippen LogP contribution in [0.4, 0.5) is 4.79 Å². The summed E-state index contributed by atoms with van der Waals surface area (Å²) in [7, 11) is 6.46. The van der Waals surface area contributed by atoms with Gasteiger partial charge in [-0.1, -0.05) is 0 Å². The summed E-state index contributed by atoms with van der Waals surface area (Å²) in [6.45, 7) is 0. The molecule has 0 bridgehead atoms. The van der Waals surface area contributed by atoms with Crippen molar-refractivity contribution in [2.75, 3.05) is 28.2 Å². The largest absolute Gasteiger partial charge is 0.342 e. The van der Waals surface area contributed by atoms with E-state index in [0.29, 0.717) is 0 Å². The molecular formula is C9H14N4O2. The highest BCUT2D eigenvalue weighted by atomic mass is 16.2. The summed E-state index contributed by atoms with van der Waals surface area (Å²) in [6, 6.07) is -0.294. The number of imidazole rings is 1. The third-order valence-corrected chi connectivity index (χ3v) is 1.83. The van der Waals surface area contributed by atoms with Gasteiger partial charge in [-0.2, -0.15) is 0 Å². The fourth-order valence-electron chi connectivity index (χ4n) is 1.03. The number of amides is 2. The first-order valence-electron chi connectivity index (χ1n) is 4.41. The van der Waals surface area contributed by atoms with Crippen molar-refractivity contribution >= 4 is 11.9 Å². The monoisotopic (exact) mass is 210 g/mol. The first kappa shape index (κ1) is 11.2. The lowest BCUT2D eigenvalue weighted by Crippen LogP contribution is -2.32. The van der Waals surface area contributed by atoms with E-state index < -0.39 is 0 Å². The summed E-state index contributed by atoms with van der Waals surface area (Å²) >= 11 is 0. The van der Waals surface area contributed by atoms with Gasteiger partial charge in [-0.05, 0) is 0 Å². The normalized spacial score (nSPS) is 9.87. The second-order valence-corrected chi connectivity index (χ2v) is 3.50. The van der Waals surface area contributed by atoms with E-state index in [2.05, 4.69) is 4.98 Å². The first-order valence-corrected chi connectivity index (χ1v) is 4.41. The van der Waals surface area contributed by atoms with Gasteiger partial charge >= 0.3 is 6.03 Å². The van der Waals surface area contributed by atoms with E-state index in [1.165, 1.54) is 26.8 Å². The number of hydrogen-bond acceptors (Lipinski definition) is 3. The summed E-state index contributed by atoms with van der Waals surface area (Å²) in [5, 5.41) is 0. The van der Waals surface area contributed by atoms with Gasteiger partial charge in [0.25, 0.3) is 5.91 Å². The number of carbonyl (C=O) groups is 2. The Labute approximate surface area is 88.1 Å². The summed E-state index contributed by atoms with van der Waals surface area (Å²) in [4.78, 5) is 29.9. The van der Waals surface area contributed by atoms with Crippen molar-refractivity contribution in [2.45, 2.75) is 0 Å². The van der Waals surface area contributed by atoms with Gasteiger partial charge in [0.15, 0.2) is 0 Å². The number of rotatable bonds is 1. The quantitative estimate of drug-likeness (QED) is 0.661. The molecule has 0 aliphatic carbocycles. The maximum Gasteiger partial charge on any atom is 0.329 e. The number of aromatic nitrogens is 2. The number of nitrogens with zero attached hydrogens (tertiary/aromatic N) is 4. The zero-order valence-corrected chi connectivity index (χ0v) is 9.26. The molecule has 82 valence electrons. The molecule has 2 amide bonds. The molecule has 0 radical (unpaired) electrons. The molecule has 0 aliphatic rings. The van der Waals surface area contributed by atoms with E-state index in [1.807, 2.05) is 0 Å². The van der Waals surface area contributed by atoms with E-state index >= 15 is 0 Å². The van der Waals surface area contributed by atoms with Crippen molar-refractivity contribution in [2.24, 2.45) is 0 Å². The summed E-state index contributed by atoms with van der Waals surface area (Å²) in [5.41, 5.74) is 0.